The van der Waals surface area contributed by atoms with Gasteiger partial charge in [-0.15, -0.1) is 22.0 Å². The highest BCUT2D eigenvalue weighted by Crippen LogP contribution is 2.26. The summed E-state index contributed by atoms with van der Waals surface area (Å²) in [6.45, 7) is 2.07. The summed E-state index contributed by atoms with van der Waals surface area (Å²) in [5.41, 5.74) is 3.02. The molecule has 0 atom stereocenters. The maximum Gasteiger partial charge on any atom is 0.234 e. The molecule has 0 fully saturated rings. The highest BCUT2D eigenvalue weighted by Gasteiger charge is 2.13. The first-order valence-electron chi connectivity index (χ1n) is 9.38. The number of benzene rings is 2. The van der Waals surface area contributed by atoms with Crippen molar-refractivity contribution in [3.8, 4) is 0 Å². The summed E-state index contributed by atoms with van der Waals surface area (Å²) in [5.74, 6) is 2.52. The van der Waals surface area contributed by atoms with Gasteiger partial charge in [0.05, 0.1) is 11.5 Å². The molecule has 1 amide bonds. The van der Waals surface area contributed by atoms with Crippen molar-refractivity contribution in [2.24, 2.45) is 7.05 Å². The summed E-state index contributed by atoms with van der Waals surface area (Å²) in [6, 6.07) is 13.4. The van der Waals surface area contributed by atoms with E-state index in [1.54, 1.807) is 17.8 Å². The largest absolute Gasteiger partial charge is 0.325 e. The van der Waals surface area contributed by atoms with Gasteiger partial charge >= 0.3 is 0 Å². The van der Waals surface area contributed by atoms with Crippen LogP contribution >= 0.6 is 46.7 Å². The molecule has 158 valence electrons. The van der Waals surface area contributed by atoms with Crippen molar-refractivity contribution in [2.45, 2.75) is 30.0 Å². The zero-order chi connectivity index (χ0) is 21.5. The molecule has 5 nitrogen and oxygen atoms in total. The number of para-hydroxylation sites is 1. The highest BCUT2D eigenvalue weighted by atomic mass is 35.5. The van der Waals surface area contributed by atoms with Crippen molar-refractivity contribution < 1.29 is 4.79 Å². The van der Waals surface area contributed by atoms with E-state index in [1.165, 1.54) is 11.8 Å². The van der Waals surface area contributed by atoms with Crippen molar-refractivity contribution in [2.75, 3.05) is 11.1 Å². The molecule has 1 heterocycles. The fraction of sp³-hybridized carbons (Fsp3) is 0.286. The van der Waals surface area contributed by atoms with E-state index < -0.39 is 0 Å². The number of nitrogens with one attached hydrogen (secondary N) is 1. The zero-order valence-electron chi connectivity index (χ0n) is 16.7. The van der Waals surface area contributed by atoms with Crippen molar-refractivity contribution in [1.82, 2.24) is 14.8 Å². The van der Waals surface area contributed by atoms with Crippen LogP contribution in [0, 0.1) is 0 Å². The van der Waals surface area contributed by atoms with Crippen LogP contribution < -0.4 is 5.32 Å². The first kappa shape index (κ1) is 23.0. The van der Waals surface area contributed by atoms with Crippen LogP contribution in [0.1, 0.15) is 23.9 Å². The minimum absolute atomic E-state index is 0.0581. The number of amides is 1. The summed E-state index contributed by atoms with van der Waals surface area (Å²) in [5, 5.41) is 13.5. The van der Waals surface area contributed by atoms with Gasteiger partial charge in [-0.1, -0.05) is 66.2 Å². The SMILES string of the molecule is CCc1ccccc1NC(=O)CSc1nnc(CSCc2ccc(Cl)cc2Cl)n1C. The van der Waals surface area contributed by atoms with Gasteiger partial charge in [-0.05, 0) is 35.7 Å². The fourth-order valence-corrected chi connectivity index (χ4v) is 5.05. The Hall–Kier alpha value is -1.67. The normalized spacial score (nSPS) is 10.9. The molecule has 30 heavy (non-hydrogen) atoms. The molecule has 3 aromatic rings. The van der Waals surface area contributed by atoms with Crippen LogP contribution in [0.3, 0.4) is 0 Å². The molecule has 0 aliphatic carbocycles. The lowest BCUT2D eigenvalue weighted by atomic mass is 10.1. The molecular formula is C21H22Cl2N4OS2. The van der Waals surface area contributed by atoms with Gasteiger partial charge in [-0.25, -0.2) is 0 Å². The average molecular weight is 481 g/mol. The first-order valence-corrected chi connectivity index (χ1v) is 12.3. The van der Waals surface area contributed by atoms with Crippen LogP contribution in [0.15, 0.2) is 47.6 Å². The molecule has 0 aliphatic rings. The third-order valence-electron chi connectivity index (χ3n) is 4.43. The monoisotopic (exact) mass is 480 g/mol. The second-order valence-corrected chi connectivity index (χ2v) is 9.31. The minimum atomic E-state index is -0.0581. The fourth-order valence-electron chi connectivity index (χ4n) is 2.75. The number of thioether (sulfide) groups is 2. The molecule has 3 rings (SSSR count). The molecular weight excluding hydrogens is 459 g/mol. The second kappa shape index (κ2) is 11.1. The Morgan fingerprint density at radius 1 is 1.10 bits per heavy atom. The van der Waals surface area contributed by atoms with Crippen molar-refractivity contribution in [1.29, 1.82) is 0 Å². The Bertz CT molecular complexity index is 1030. The summed E-state index contributed by atoms with van der Waals surface area (Å²) < 4.78 is 1.93. The van der Waals surface area contributed by atoms with Gasteiger partial charge in [0, 0.05) is 28.5 Å². The quantitative estimate of drug-likeness (QED) is 0.389. The lowest BCUT2D eigenvalue weighted by Crippen LogP contribution is -2.15. The molecule has 2 aromatic carbocycles. The number of hydrogen-bond acceptors (Lipinski definition) is 5. The van der Waals surface area contributed by atoms with E-state index in [4.69, 9.17) is 23.2 Å². The summed E-state index contributed by atoms with van der Waals surface area (Å²) in [7, 11) is 1.91. The summed E-state index contributed by atoms with van der Waals surface area (Å²) >= 11 is 15.2. The number of hydrogen-bond donors (Lipinski definition) is 1. The lowest BCUT2D eigenvalue weighted by Gasteiger charge is -2.09. The van der Waals surface area contributed by atoms with Gasteiger partial charge in [0.2, 0.25) is 5.91 Å². The van der Waals surface area contributed by atoms with Crippen molar-refractivity contribution in [3.63, 3.8) is 0 Å². The van der Waals surface area contributed by atoms with E-state index in [9.17, 15) is 4.79 Å². The molecule has 9 heteroatoms. The predicted molar refractivity (Wildman–Crippen MR) is 128 cm³/mol. The van der Waals surface area contributed by atoms with Crippen LogP contribution in [0.5, 0.6) is 0 Å². The summed E-state index contributed by atoms with van der Waals surface area (Å²) in [4.78, 5) is 12.3. The van der Waals surface area contributed by atoms with Gasteiger partial charge < -0.3 is 9.88 Å². The Kier molecular flexibility index (Phi) is 8.50. The molecule has 1 N–H and O–H groups in total. The van der Waals surface area contributed by atoms with Gasteiger partial charge in [-0.2, -0.15) is 0 Å². The predicted octanol–water partition coefficient (Wildman–Crippen LogP) is 5.85. The van der Waals surface area contributed by atoms with Crippen LogP contribution in [0.25, 0.3) is 0 Å². The number of anilines is 1. The Morgan fingerprint density at radius 3 is 2.67 bits per heavy atom. The van der Waals surface area contributed by atoms with Crippen LogP contribution in [0.2, 0.25) is 10.0 Å². The van der Waals surface area contributed by atoms with Crippen LogP contribution in [-0.2, 0) is 29.8 Å². The van der Waals surface area contributed by atoms with Gasteiger partial charge in [0.1, 0.15) is 5.82 Å². The molecule has 0 radical (unpaired) electrons. The Balaban J connectivity index is 1.50. The molecule has 0 saturated heterocycles. The van der Waals surface area contributed by atoms with E-state index in [0.29, 0.717) is 21.0 Å². The summed E-state index contributed by atoms with van der Waals surface area (Å²) in [6.07, 6.45) is 0.870. The number of aryl methyl sites for hydroxylation is 1. The third-order valence-corrected chi connectivity index (χ3v) is 7.02. The van der Waals surface area contributed by atoms with Gasteiger partial charge in [0.25, 0.3) is 0 Å². The Labute approximate surface area is 194 Å². The maximum atomic E-state index is 12.3. The van der Waals surface area contributed by atoms with Gasteiger partial charge in [-0.3, -0.25) is 4.79 Å². The van der Waals surface area contributed by atoms with E-state index in [2.05, 4.69) is 22.4 Å². The first-order chi connectivity index (χ1) is 14.5. The second-order valence-electron chi connectivity index (χ2n) is 6.53. The smallest absolute Gasteiger partial charge is 0.234 e. The highest BCUT2D eigenvalue weighted by molar-refractivity contribution is 7.99. The van der Waals surface area contributed by atoms with E-state index in [0.717, 1.165) is 34.8 Å². The van der Waals surface area contributed by atoms with E-state index in [1.807, 2.05) is 48.0 Å². The van der Waals surface area contributed by atoms with Crippen molar-refractivity contribution in [3.05, 3.63) is 69.5 Å². The number of carbonyl (C=O) groups excluding carboxylic acids is 1. The molecule has 0 bridgehead atoms. The van der Waals surface area contributed by atoms with E-state index in [-0.39, 0.29) is 11.7 Å². The number of aromatic nitrogens is 3. The maximum absolute atomic E-state index is 12.3. The number of nitrogens with zero attached hydrogens (tertiary/aromatic N) is 3. The number of halogens is 2. The molecule has 0 aliphatic heterocycles. The molecule has 1 aromatic heterocycles. The molecule has 0 saturated carbocycles. The minimum Gasteiger partial charge on any atom is -0.325 e. The zero-order valence-corrected chi connectivity index (χ0v) is 19.8. The molecule has 0 spiro atoms. The van der Waals surface area contributed by atoms with Crippen molar-refractivity contribution >= 4 is 58.3 Å². The van der Waals surface area contributed by atoms with Crippen LogP contribution in [0.4, 0.5) is 5.69 Å². The number of rotatable bonds is 9. The topological polar surface area (TPSA) is 59.8 Å². The average Bonchev–Trinajstić information content (AvgIpc) is 3.08. The lowest BCUT2D eigenvalue weighted by molar-refractivity contribution is -0.113. The van der Waals surface area contributed by atoms with Gasteiger partial charge in [0.15, 0.2) is 5.16 Å². The molecule has 0 unspecified atom stereocenters. The van der Waals surface area contributed by atoms with Crippen LogP contribution in [-0.4, -0.2) is 26.4 Å². The third kappa shape index (κ3) is 6.17. The Morgan fingerprint density at radius 2 is 1.90 bits per heavy atom. The standard InChI is InChI=1S/C21H22Cl2N4OS2/c1-3-14-6-4-5-7-18(14)24-20(28)13-30-21-26-25-19(27(21)2)12-29-11-15-8-9-16(22)10-17(15)23/h4-10H,3,11-13H2,1-2H3,(H,24,28). The van der Waals surface area contributed by atoms with E-state index >= 15 is 0 Å². The number of carbonyl (C=O) groups is 1.